The van der Waals surface area contributed by atoms with Crippen LogP contribution in [0, 0.1) is 0 Å². The molecule has 0 spiro atoms. The molecule has 7 heteroatoms. The van der Waals surface area contributed by atoms with Crippen molar-refractivity contribution in [2.45, 2.75) is 56.5 Å². The van der Waals surface area contributed by atoms with Gasteiger partial charge in [-0.25, -0.2) is 0 Å². The molecule has 1 unspecified atom stereocenters. The molecule has 32 heavy (non-hydrogen) atoms. The fourth-order valence-electron chi connectivity index (χ4n) is 5.82. The van der Waals surface area contributed by atoms with Gasteiger partial charge in [0.25, 0.3) is 0 Å². The van der Waals surface area contributed by atoms with Gasteiger partial charge in [-0.2, -0.15) is 0 Å². The number of hydrogen-bond acceptors (Lipinski definition) is 6. The first-order valence-electron chi connectivity index (χ1n) is 12.2. The Kier molecular flexibility index (Phi) is 7.92. The molecule has 0 radical (unpaired) electrons. The lowest BCUT2D eigenvalue weighted by molar-refractivity contribution is -0.123. The van der Waals surface area contributed by atoms with Crippen LogP contribution < -0.4 is 14.8 Å². The van der Waals surface area contributed by atoms with Gasteiger partial charge >= 0.3 is 0 Å². The fraction of sp³-hybridized carbons (Fsp3) is 0.720. The molecule has 4 rings (SSSR count). The summed E-state index contributed by atoms with van der Waals surface area (Å²) in [5.74, 6) is 1.74. The van der Waals surface area contributed by atoms with Crippen molar-refractivity contribution in [3.63, 3.8) is 0 Å². The van der Waals surface area contributed by atoms with E-state index in [1.165, 1.54) is 32.1 Å². The van der Waals surface area contributed by atoms with Gasteiger partial charge in [-0.3, -0.25) is 14.6 Å². The molecule has 0 bridgehead atoms. The molecule has 3 aliphatic rings. The number of nitrogens with zero attached hydrogens (tertiary/aromatic N) is 2. The number of rotatable bonds is 8. The van der Waals surface area contributed by atoms with Crippen molar-refractivity contribution in [1.29, 1.82) is 0 Å². The summed E-state index contributed by atoms with van der Waals surface area (Å²) in [6.07, 6.45) is 8.26. The van der Waals surface area contributed by atoms with Gasteiger partial charge in [0.1, 0.15) is 11.5 Å². The maximum atomic E-state index is 13.1. The van der Waals surface area contributed by atoms with Gasteiger partial charge in [-0.05, 0) is 38.3 Å². The van der Waals surface area contributed by atoms with E-state index in [1.54, 1.807) is 14.2 Å². The molecule has 1 aromatic rings. The van der Waals surface area contributed by atoms with E-state index in [0.29, 0.717) is 6.54 Å². The van der Waals surface area contributed by atoms with Crippen LogP contribution >= 0.6 is 0 Å². The van der Waals surface area contributed by atoms with Crippen molar-refractivity contribution in [1.82, 2.24) is 15.1 Å². The third kappa shape index (κ3) is 5.21. The number of benzene rings is 1. The predicted molar refractivity (Wildman–Crippen MR) is 124 cm³/mol. The smallest absolute Gasteiger partial charge is 0.234 e. The van der Waals surface area contributed by atoms with E-state index < -0.39 is 0 Å². The minimum absolute atomic E-state index is 0.0985. The van der Waals surface area contributed by atoms with E-state index in [9.17, 15) is 4.79 Å². The molecule has 2 saturated heterocycles. The number of amides is 1. The van der Waals surface area contributed by atoms with E-state index in [-0.39, 0.29) is 17.5 Å². The maximum Gasteiger partial charge on any atom is 0.234 e. The first-order chi connectivity index (χ1) is 15.6. The lowest BCUT2D eigenvalue weighted by Gasteiger charge is -2.48. The summed E-state index contributed by atoms with van der Waals surface area (Å²) < 4.78 is 16.6. The van der Waals surface area contributed by atoms with Crippen LogP contribution in [0.1, 0.15) is 56.6 Å². The number of hydrogen-bond donors (Lipinski definition) is 1. The average Bonchev–Trinajstić information content (AvgIpc) is 3.31. The molecule has 2 aliphatic heterocycles. The lowest BCUT2D eigenvalue weighted by atomic mass is 9.79. The monoisotopic (exact) mass is 445 g/mol. The summed E-state index contributed by atoms with van der Waals surface area (Å²) in [6.45, 7) is 5.66. The van der Waals surface area contributed by atoms with Crippen molar-refractivity contribution in [3.05, 3.63) is 23.8 Å². The summed E-state index contributed by atoms with van der Waals surface area (Å²) in [4.78, 5) is 17.9. The molecular formula is C25H39N3O4. The van der Waals surface area contributed by atoms with Gasteiger partial charge in [0, 0.05) is 42.8 Å². The number of methoxy groups -OCH3 is 2. The summed E-state index contributed by atoms with van der Waals surface area (Å²) in [7, 11) is 3.36. The number of morpholine rings is 1. The summed E-state index contributed by atoms with van der Waals surface area (Å²) in [6, 6.07) is 6.18. The van der Waals surface area contributed by atoms with Crippen LogP contribution in [-0.2, 0) is 9.53 Å². The molecule has 3 fully saturated rings. The molecule has 178 valence electrons. The van der Waals surface area contributed by atoms with E-state index in [0.717, 1.165) is 69.3 Å². The highest BCUT2D eigenvalue weighted by atomic mass is 16.5. The first-order valence-corrected chi connectivity index (χ1v) is 12.2. The second kappa shape index (κ2) is 10.9. The highest BCUT2D eigenvalue weighted by molar-refractivity contribution is 5.78. The molecule has 7 nitrogen and oxygen atoms in total. The maximum absolute atomic E-state index is 13.1. The summed E-state index contributed by atoms with van der Waals surface area (Å²) in [5, 5.41) is 3.32. The van der Waals surface area contributed by atoms with Gasteiger partial charge in [-0.1, -0.05) is 25.3 Å². The van der Waals surface area contributed by atoms with E-state index in [2.05, 4.69) is 21.2 Å². The van der Waals surface area contributed by atoms with Crippen molar-refractivity contribution >= 4 is 5.91 Å². The molecular weight excluding hydrogens is 406 g/mol. The van der Waals surface area contributed by atoms with Crippen LogP contribution in [0.3, 0.4) is 0 Å². The molecule has 2 heterocycles. The van der Waals surface area contributed by atoms with Gasteiger partial charge in [-0.15, -0.1) is 0 Å². The zero-order valence-electron chi connectivity index (χ0n) is 19.7. The minimum Gasteiger partial charge on any atom is -0.497 e. The number of nitrogens with one attached hydrogen (secondary N) is 1. The van der Waals surface area contributed by atoms with Crippen LogP contribution in [0.2, 0.25) is 0 Å². The van der Waals surface area contributed by atoms with Crippen molar-refractivity contribution in [2.75, 3.05) is 60.2 Å². The van der Waals surface area contributed by atoms with Crippen molar-refractivity contribution < 1.29 is 19.0 Å². The Morgan fingerprint density at radius 3 is 2.59 bits per heavy atom. The Hall–Kier alpha value is -1.83. The molecule has 1 aromatic carbocycles. The lowest BCUT2D eigenvalue weighted by Crippen LogP contribution is -2.60. The van der Waals surface area contributed by atoms with Crippen molar-refractivity contribution in [3.8, 4) is 11.5 Å². The summed E-state index contributed by atoms with van der Waals surface area (Å²) in [5.41, 5.74) is 1.23. The normalized spacial score (nSPS) is 24.2. The highest BCUT2D eigenvalue weighted by Gasteiger charge is 2.39. The third-order valence-corrected chi connectivity index (χ3v) is 7.59. The molecule has 1 amide bonds. The van der Waals surface area contributed by atoms with Gasteiger partial charge < -0.3 is 19.5 Å². The Balaban J connectivity index is 1.38. The van der Waals surface area contributed by atoms with Crippen LogP contribution in [0.15, 0.2) is 18.2 Å². The van der Waals surface area contributed by atoms with Crippen LogP contribution in [0.25, 0.3) is 0 Å². The fourth-order valence-corrected chi connectivity index (χ4v) is 5.82. The number of carbonyl (C=O) groups is 1. The predicted octanol–water partition coefficient (Wildman–Crippen LogP) is 2.99. The Bertz CT molecular complexity index is 760. The average molecular weight is 446 g/mol. The highest BCUT2D eigenvalue weighted by Crippen LogP contribution is 2.38. The standard InChI is InChI=1S/C25H39N3O4/c1-30-20-8-9-21(23(17-20)31-2)22-7-6-12-27(22)18-24(29)26-19-25(10-4-3-5-11-25)28-13-15-32-16-14-28/h8-9,17,22H,3-7,10-16,18-19H2,1-2H3,(H,26,29). The molecule has 0 aromatic heterocycles. The topological polar surface area (TPSA) is 63.3 Å². The zero-order valence-corrected chi connectivity index (χ0v) is 19.7. The van der Waals surface area contributed by atoms with Gasteiger partial charge in [0.05, 0.1) is 34.0 Å². The van der Waals surface area contributed by atoms with Crippen LogP contribution in [-0.4, -0.2) is 81.4 Å². The molecule has 1 atom stereocenters. The van der Waals surface area contributed by atoms with E-state index in [4.69, 9.17) is 14.2 Å². The Morgan fingerprint density at radius 1 is 1.09 bits per heavy atom. The number of likely N-dealkylation sites (tertiary alicyclic amines) is 1. The molecule has 1 N–H and O–H groups in total. The van der Waals surface area contributed by atoms with Crippen LogP contribution in [0.4, 0.5) is 0 Å². The SMILES string of the molecule is COc1ccc(C2CCCN2CC(=O)NCC2(N3CCOCC3)CCCCC2)c(OC)c1. The van der Waals surface area contributed by atoms with E-state index in [1.807, 2.05) is 12.1 Å². The third-order valence-electron chi connectivity index (χ3n) is 7.59. The minimum atomic E-state index is 0.0985. The Morgan fingerprint density at radius 2 is 1.88 bits per heavy atom. The quantitative estimate of drug-likeness (QED) is 0.664. The number of ether oxygens (including phenoxy) is 3. The molecule has 1 aliphatic carbocycles. The first kappa shape index (κ1) is 23.3. The second-order valence-corrected chi connectivity index (χ2v) is 9.40. The van der Waals surface area contributed by atoms with Gasteiger partial charge in [0.2, 0.25) is 5.91 Å². The van der Waals surface area contributed by atoms with Crippen LogP contribution in [0.5, 0.6) is 11.5 Å². The second-order valence-electron chi connectivity index (χ2n) is 9.40. The number of carbonyl (C=O) groups excluding carboxylic acids is 1. The largest absolute Gasteiger partial charge is 0.497 e. The summed E-state index contributed by atoms with van der Waals surface area (Å²) >= 11 is 0. The van der Waals surface area contributed by atoms with Gasteiger partial charge in [0.15, 0.2) is 0 Å². The Labute approximate surface area is 192 Å². The zero-order chi connectivity index (χ0) is 22.4. The van der Waals surface area contributed by atoms with E-state index >= 15 is 0 Å². The molecule has 1 saturated carbocycles. The van der Waals surface area contributed by atoms with Crippen molar-refractivity contribution in [2.24, 2.45) is 0 Å².